The maximum absolute atomic E-state index is 13.0. The summed E-state index contributed by atoms with van der Waals surface area (Å²) in [7, 11) is 0. The van der Waals surface area contributed by atoms with Crippen LogP contribution in [0.15, 0.2) is 60.8 Å². The van der Waals surface area contributed by atoms with Crippen molar-refractivity contribution in [3.05, 3.63) is 72.2 Å². The van der Waals surface area contributed by atoms with E-state index in [1.807, 2.05) is 30.3 Å². The van der Waals surface area contributed by atoms with Crippen molar-refractivity contribution in [3.8, 4) is 16.9 Å². The third-order valence-corrected chi connectivity index (χ3v) is 3.10. The first-order chi connectivity index (χ1) is 9.78. The van der Waals surface area contributed by atoms with Crippen molar-refractivity contribution < 1.29 is 9.50 Å². The largest absolute Gasteiger partial charge is 0.392 e. The van der Waals surface area contributed by atoms with Crippen molar-refractivity contribution >= 4 is 0 Å². The lowest BCUT2D eigenvalue weighted by Crippen LogP contribution is -1.94. The van der Waals surface area contributed by atoms with Crippen molar-refractivity contribution in [2.24, 2.45) is 0 Å². The highest BCUT2D eigenvalue weighted by atomic mass is 19.1. The molecule has 0 aliphatic heterocycles. The van der Waals surface area contributed by atoms with E-state index >= 15 is 0 Å². The molecule has 100 valence electrons. The van der Waals surface area contributed by atoms with Crippen LogP contribution in [0.3, 0.4) is 0 Å². The molecule has 0 amide bonds. The van der Waals surface area contributed by atoms with Crippen LogP contribution in [-0.4, -0.2) is 14.9 Å². The van der Waals surface area contributed by atoms with Crippen LogP contribution >= 0.6 is 0 Å². The van der Waals surface area contributed by atoms with Crippen LogP contribution in [0.25, 0.3) is 16.9 Å². The van der Waals surface area contributed by atoms with Gasteiger partial charge in [-0.15, -0.1) is 0 Å². The molecule has 0 bridgehead atoms. The molecule has 0 aliphatic carbocycles. The van der Waals surface area contributed by atoms with Crippen LogP contribution in [0.4, 0.5) is 4.39 Å². The Hall–Kier alpha value is -2.46. The normalized spacial score (nSPS) is 10.7. The standard InChI is InChI=1S/C16H13FN2O/c17-14-8-6-12(7-9-14)16-13(11-20)10-19(18-16)15-4-2-1-3-5-15/h1-10,20H,11H2. The number of halogens is 1. The zero-order chi connectivity index (χ0) is 13.9. The SMILES string of the molecule is OCc1cn(-c2ccccc2)nc1-c1ccc(F)cc1. The summed E-state index contributed by atoms with van der Waals surface area (Å²) in [6.45, 7) is -0.112. The number of para-hydroxylation sites is 1. The molecule has 0 saturated heterocycles. The van der Waals surface area contributed by atoms with Crippen LogP contribution in [0.1, 0.15) is 5.56 Å². The van der Waals surface area contributed by atoms with Gasteiger partial charge in [0, 0.05) is 17.3 Å². The lowest BCUT2D eigenvalue weighted by atomic mass is 10.1. The van der Waals surface area contributed by atoms with Crippen molar-refractivity contribution in [1.82, 2.24) is 9.78 Å². The average Bonchev–Trinajstić information content (AvgIpc) is 2.93. The van der Waals surface area contributed by atoms with Gasteiger partial charge in [-0.05, 0) is 36.4 Å². The number of hydrogen-bond acceptors (Lipinski definition) is 2. The number of aliphatic hydroxyl groups is 1. The van der Waals surface area contributed by atoms with Crippen LogP contribution in [0.5, 0.6) is 0 Å². The van der Waals surface area contributed by atoms with Crippen molar-refractivity contribution in [1.29, 1.82) is 0 Å². The number of aromatic nitrogens is 2. The van der Waals surface area contributed by atoms with E-state index in [-0.39, 0.29) is 12.4 Å². The van der Waals surface area contributed by atoms with Crippen molar-refractivity contribution in [3.63, 3.8) is 0 Å². The van der Waals surface area contributed by atoms with Gasteiger partial charge >= 0.3 is 0 Å². The van der Waals surface area contributed by atoms with E-state index in [4.69, 9.17) is 0 Å². The van der Waals surface area contributed by atoms with Crippen LogP contribution in [-0.2, 0) is 6.61 Å². The van der Waals surface area contributed by atoms with Crippen LogP contribution in [0, 0.1) is 5.82 Å². The molecule has 3 rings (SSSR count). The number of benzene rings is 2. The summed E-state index contributed by atoms with van der Waals surface area (Å²) in [6.07, 6.45) is 1.79. The lowest BCUT2D eigenvalue weighted by molar-refractivity contribution is 0.282. The van der Waals surface area contributed by atoms with Crippen LogP contribution < -0.4 is 0 Å². The number of nitrogens with zero attached hydrogens (tertiary/aromatic N) is 2. The van der Waals surface area contributed by atoms with Gasteiger partial charge in [0.2, 0.25) is 0 Å². The summed E-state index contributed by atoms with van der Waals surface area (Å²) >= 11 is 0. The molecule has 3 nitrogen and oxygen atoms in total. The molecule has 20 heavy (non-hydrogen) atoms. The first-order valence-corrected chi connectivity index (χ1v) is 6.28. The Morgan fingerprint density at radius 3 is 2.35 bits per heavy atom. The Morgan fingerprint density at radius 2 is 1.70 bits per heavy atom. The summed E-state index contributed by atoms with van der Waals surface area (Å²) in [5.41, 5.74) is 3.07. The molecule has 2 aromatic carbocycles. The molecule has 0 radical (unpaired) electrons. The highest BCUT2D eigenvalue weighted by Gasteiger charge is 2.11. The molecule has 3 aromatic rings. The summed E-state index contributed by atoms with van der Waals surface area (Å²) in [5, 5.41) is 14.0. The van der Waals surface area contributed by atoms with Gasteiger partial charge < -0.3 is 5.11 Å². The Bertz CT molecular complexity index is 705. The smallest absolute Gasteiger partial charge is 0.123 e. The summed E-state index contributed by atoms with van der Waals surface area (Å²) in [6, 6.07) is 15.7. The molecule has 0 atom stereocenters. The molecule has 1 heterocycles. The fourth-order valence-corrected chi connectivity index (χ4v) is 2.09. The summed E-state index contributed by atoms with van der Waals surface area (Å²) < 4.78 is 14.7. The molecule has 4 heteroatoms. The van der Waals surface area contributed by atoms with E-state index in [2.05, 4.69) is 5.10 Å². The van der Waals surface area contributed by atoms with Gasteiger partial charge in [0.1, 0.15) is 5.82 Å². The maximum atomic E-state index is 13.0. The van der Waals surface area contributed by atoms with Gasteiger partial charge in [0.25, 0.3) is 0 Å². The van der Waals surface area contributed by atoms with Gasteiger partial charge in [-0.1, -0.05) is 18.2 Å². The third kappa shape index (κ3) is 2.33. The van der Waals surface area contributed by atoms with E-state index in [1.165, 1.54) is 12.1 Å². The predicted octanol–water partition coefficient (Wildman–Crippen LogP) is 3.17. The Morgan fingerprint density at radius 1 is 1.00 bits per heavy atom. The minimum Gasteiger partial charge on any atom is -0.392 e. The maximum Gasteiger partial charge on any atom is 0.123 e. The highest BCUT2D eigenvalue weighted by Crippen LogP contribution is 2.24. The highest BCUT2D eigenvalue weighted by molar-refractivity contribution is 5.63. The number of hydrogen-bond donors (Lipinski definition) is 1. The molecular formula is C16H13FN2O. The Kier molecular flexibility index (Phi) is 3.31. The number of rotatable bonds is 3. The second kappa shape index (κ2) is 5.27. The minimum atomic E-state index is -0.290. The molecule has 1 N–H and O–H groups in total. The topological polar surface area (TPSA) is 38.0 Å². The number of aliphatic hydroxyl groups excluding tert-OH is 1. The molecule has 0 unspecified atom stereocenters. The van der Waals surface area contributed by atoms with Crippen molar-refractivity contribution in [2.75, 3.05) is 0 Å². The Labute approximate surface area is 115 Å². The second-order valence-corrected chi connectivity index (χ2v) is 4.45. The molecule has 0 aliphatic rings. The third-order valence-electron chi connectivity index (χ3n) is 3.10. The molecule has 0 spiro atoms. The van der Waals surface area contributed by atoms with E-state index in [9.17, 15) is 9.50 Å². The van der Waals surface area contributed by atoms with Crippen molar-refractivity contribution in [2.45, 2.75) is 6.61 Å². The molecule has 0 fully saturated rings. The first-order valence-electron chi connectivity index (χ1n) is 6.28. The fourth-order valence-electron chi connectivity index (χ4n) is 2.09. The molecule has 0 saturated carbocycles. The average molecular weight is 268 g/mol. The minimum absolute atomic E-state index is 0.112. The van der Waals surface area contributed by atoms with Gasteiger partial charge in [-0.3, -0.25) is 0 Å². The monoisotopic (exact) mass is 268 g/mol. The zero-order valence-electron chi connectivity index (χ0n) is 10.7. The fraction of sp³-hybridized carbons (Fsp3) is 0.0625. The second-order valence-electron chi connectivity index (χ2n) is 4.45. The van der Waals surface area contributed by atoms with Gasteiger partial charge in [-0.25, -0.2) is 9.07 Å². The zero-order valence-corrected chi connectivity index (χ0v) is 10.7. The van der Waals surface area contributed by atoms with E-state index in [0.717, 1.165) is 11.3 Å². The Balaban J connectivity index is 2.07. The van der Waals surface area contributed by atoms with E-state index in [0.29, 0.717) is 11.3 Å². The van der Waals surface area contributed by atoms with E-state index in [1.54, 1.807) is 23.0 Å². The quantitative estimate of drug-likeness (QED) is 0.792. The van der Waals surface area contributed by atoms with Crippen LogP contribution in [0.2, 0.25) is 0 Å². The van der Waals surface area contributed by atoms with Gasteiger partial charge in [0.15, 0.2) is 0 Å². The predicted molar refractivity (Wildman–Crippen MR) is 74.9 cm³/mol. The van der Waals surface area contributed by atoms with Gasteiger partial charge in [-0.2, -0.15) is 5.10 Å². The molecular weight excluding hydrogens is 255 g/mol. The van der Waals surface area contributed by atoms with E-state index < -0.39 is 0 Å². The molecule has 1 aromatic heterocycles. The summed E-state index contributed by atoms with van der Waals surface area (Å²) in [5.74, 6) is -0.290. The summed E-state index contributed by atoms with van der Waals surface area (Å²) in [4.78, 5) is 0. The lowest BCUT2D eigenvalue weighted by Gasteiger charge is -2.00. The van der Waals surface area contributed by atoms with Gasteiger partial charge in [0.05, 0.1) is 18.0 Å². The first kappa shape index (κ1) is 12.6.